The van der Waals surface area contributed by atoms with Crippen molar-refractivity contribution in [2.75, 3.05) is 27.2 Å². The van der Waals surface area contributed by atoms with Gasteiger partial charge in [0.25, 0.3) is 5.91 Å². The summed E-state index contributed by atoms with van der Waals surface area (Å²) in [5, 5.41) is 0. The molecule has 0 atom stereocenters. The van der Waals surface area contributed by atoms with Crippen LogP contribution in [-0.2, 0) is 0 Å². The molecule has 3 nitrogen and oxygen atoms in total. The van der Waals surface area contributed by atoms with Crippen LogP contribution in [0.5, 0.6) is 0 Å². The normalized spacial score (nSPS) is 15.7. The highest BCUT2D eigenvalue weighted by Crippen LogP contribution is 2.27. The number of hydrogen-bond donors (Lipinski definition) is 0. The number of carbonyl (C=O) groups is 1. The van der Waals surface area contributed by atoms with Crippen LogP contribution in [0.1, 0.15) is 41.6 Å². The van der Waals surface area contributed by atoms with Crippen LogP contribution in [0, 0.1) is 6.92 Å². The van der Waals surface area contributed by atoms with Gasteiger partial charge in [-0.3, -0.25) is 4.79 Å². The molecule has 2 rings (SSSR count). The minimum atomic E-state index is 0.163. The Hall–Kier alpha value is -0.870. The van der Waals surface area contributed by atoms with Gasteiger partial charge in [0.2, 0.25) is 0 Å². The lowest BCUT2D eigenvalue weighted by atomic mass is 10.1. The van der Waals surface area contributed by atoms with Crippen molar-refractivity contribution in [3.8, 4) is 0 Å². The molecule has 1 saturated carbocycles. The monoisotopic (exact) mass is 352 g/mol. The number of carbonyl (C=O) groups excluding carboxylic acids is 1. The van der Waals surface area contributed by atoms with Crippen molar-refractivity contribution in [3.63, 3.8) is 0 Å². The van der Waals surface area contributed by atoms with Gasteiger partial charge in [-0.25, -0.2) is 0 Å². The molecule has 1 aliphatic rings. The second kappa shape index (κ2) is 7.41. The minimum absolute atomic E-state index is 0.163. The first-order valence-electron chi connectivity index (χ1n) is 7.71. The Balaban J connectivity index is 2.19. The van der Waals surface area contributed by atoms with E-state index >= 15 is 0 Å². The van der Waals surface area contributed by atoms with Crippen molar-refractivity contribution >= 4 is 21.8 Å². The minimum Gasteiger partial charge on any atom is -0.334 e. The molecule has 0 aliphatic heterocycles. The summed E-state index contributed by atoms with van der Waals surface area (Å²) in [6.45, 7) is 3.75. The zero-order valence-electron chi connectivity index (χ0n) is 13.2. The van der Waals surface area contributed by atoms with Crippen molar-refractivity contribution in [2.24, 2.45) is 0 Å². The van der Waals surface area contributed by atoms with Gasteiger partial charge >= 0.3 is 0 Å². The van der Waals surface area contributed by atoms with Gasteiger partial charge in [-0.05, 0) is 67.5 Å². The van der Waals surface area contributed by atoms with E-state index in [1.165, 1.54) is 18.4 Å². The van der Waals surface area contributed by atoms with E-state index in [0.29, 0.717) is 6.04 Å². The van der Waals surface area contributed by atoms with Crippen LogP contribution < -0.4 is 0 Å². The molecule has 1 fully saturated rings. The third-order valence-electron chi connectivity index (χ3n) is 4.17. The Bertz CT molecular complexity index is 496. The van der Waals surface area contributed by atoms with E-state index in [4.69, 9.17) is 0 Å². The number of benzene rings is 1. The largest absolute Gasteiger partial charge is 0.334 e. The number of rotatable bonds is 5. The predicted octanol–water partition coefficient (Wildman–Crippen LogP) is 3.70. The summed E-state index contributed by atoms with van der Waals surface area (Å²) in [5.41, 5.74) is 1.95. The molecular weight excluding hydrogens is 328 g/mol. The summed E-state index contributed by atoms with van der Waals surface area (Å²) in [5.74, 6) is 0.163. The maximum absolute atomic E-state index is 13.0. The molecule has 0 aromatic heterocycles. The molecular formula is C17H25BrN2O. The second-order valence-corrected chi connectivity index (χ2v) is 7.08. The van der Waals surface area contributed by atoms with E-state index in [-0.39, 0.29) is 5.91 Å². The molecule has 4 heteroatoms. The molecule has 1 aromatic carbocycles. The van der Waals surface area contributed by atoms with E-state index in [9.17, 15) is 4.79 Å². The zero-order valence-corrected chi connectivity index (χ0v) is 14.8. The van der Waals surface area contributed by atoms with Gasteiger partial charge in [0.05, 0.1) is 5.56 Å². The van der Waals surface area contributed by atoms with Crippen molar-refractivity contribution in [1.29, 1.82) is 0 Å². The highest BCUT2D eigenvalue weighted by atomic mass is 79.9. The lowest BCUT2D eigenvalue weighted by Crippen LogP contribution is -2.42. The highest BCUT2D eigenvalue weighted by molar-refractivity contribution is 9.10. The van der Waals surface area contributed by atoms with E-state index in [1.807, 2.05) is 25.1 Å². The topological polar surface area (TPSA) is 23.6 Å². The number of halogens is 1. The molecule has 0 N–H and O–H groups in total. The Kier molecular flexibility index (Phi) is 5.82. The number of aryl methyl sites for hydroxylation is 1. The van der Waals surface area contributed by atoms with E-state index in [0.717, 1.165) is 36.0 Å². The lowest BCUT2D eigenvalue weighted by Gasteiger charge is -2.30. The number of likely N-dealkylation sites (N-methyl/N-ethyl adjacent to an activating group) is 1. The van der Waals surface area contributed by atoms with Crippen LogP contribution in [0.4, 0.5) is 0 Å². The summed E-state index contributed by atoms with van der Waals surface area (Å²) in [6, 6.07) is 6.38. The second-order valence-electron chi connectivity index (χ2n) is 6.22. The Labute approximate surface area is 136 Å². The van der Waals surface area contributed by atoms with Crippen LogP contribution in [0.2, 0.25) is 0 Å². The maximum atomic E-state index is 13.0. The maximum Gasteiger partial charge on any atom is 0.255 e. The fraction of sp³-hybridized carbons (Fsp3) is 0.588. The third kappa shape index (κ3) is 4.30. The van der Waals surface area contributed by atoms with Crippen LogP contribution in [0.3, 0.4) is 0 Å². The van der Waals surface area contributed by atoms with E-state index < -0.39 is 0 Å². The first-order chi connectivity index (χ1) is 9.99. The quantitative estimate of drug-likeness (QED) is 0.806. The van der Waals surface area contributed by atoms with Gasteiger partial charge in [0.15, 0.2) is 0 Å². The summed E-state index contributed by atoms with van der Waals surface area (Å²) in [4.78, 5) is 17.2. The zero-order chi connectivity index (χ0) is 15.4. The Morgan fingerprint density at radius 2 is 1.90 bits per heavy atom. The standard InChI is InChI=1S/C17H25BrN2O/c1-13-8-9-15(16(18)12-13)17(21)20(11-10-19(2)3)14-6-4-5-7-14/h8-9,12,14H,4-7,10-11H2,1-3H3. The van der Waals surface area contributed by atoms with Crippen molar-refractivity contribution in [2.45, 2.75) is 38.6 Å². The Morgan fingerprint density at radius 1 is 1.24 bits per heavy atom. The summed E-state index contributed by atoms with van der Waals surface area (Å²) < 4.78 is 0.903. The van der Waals surface area contributed by atoms with Gasteiger partial charge in [0.1, 0.15) is 0 Å². The van der Waals surface area contributed by atoms with Gasteiger partial charge < -0.3 is 9.80 Å². The van der Waals surface area contributed by atoms with Crippen LogP contribution in [0.15, 0.2) is 22.7 Å². The molecule has 116 valence electrons. The van der Waals surface area contributed by atoms with Crippen molar-refractivity contribution in [3.05, 3.63) is 33.8 Å². The molecule has 0 spiro atoms. The van der Waals surface area contributed by atoms with Crippen molar-refractivity contribution < 1.29 is 4.79 Å². The fourth-order valence-electron chi connectivity index (χ4n) is 2.92. The molecule has 1 amide bonds. The SMILES string of the molecule is Cc1ccc(C(=O)N(CCN(C)C)C2CCCC2)c(Br)c1. The molecule has 1 aliphatic carbocycles. The average molecular weight is 353 g/mol. The van der Waals surface area contributed by atoms with Gasteiger partial charge in [-0.15, -0.1) is 0 Å². The number of hydrogen-bond acceptors (Lipinski definition) is 2. The van der Waals surface area contributed by atoms with Crippen LogP contribution in [-0.4, -0.2) is 48.9 Å². The lowest BCUT2D eigenvalue weighted by molar-refractivity contribution is 0.0666. The molecule has 0 unspecified atom stereocenters. The molecule has 0 heterocycles. The van der Waals surface area contributed by atoms with E-state index in [1.54, 1.807) is 0 Å². The molecule has 0 bridgehead atoms. The smallest absolute Gasteiger partial charge is 0.255 e. The summed E-state index contributed by atoms with van der Waals surface area (Å²) >= 11 is 3.55. The average Bonchev–Trinajstić information content (AvgIpc) is 2.92. The van der Waals surface area contributed by atoms with Gasteiger partial charge in [0, 0.05) is 23.6 Å². The molecule has 21 heavy (non-hydrogen) atoms. The first kappa shape index (κ1) is 16.5. The van der Waals surface area contributed by atoms with Gasteiger partial charge in [-0.2, -0.15) is 0 Å². The summed E-state index contributed by atoms with van der Waals surface area (Å²) in [7, 11) is 4.11. The third-order valence-corrected chi connectivity index (χ3v) is 4.83. The number of amides is 1. The Morgan fingerprint density at radius 3 is 2.48 bits per heavy atom. The number of nitrogens with zero attached hydrogens (tertiary/aromatic N) is 2. The molecule has 1 aromatic rings. The van der Waals surface area contributed by atoms with Crippen LogP contribution in [0.25, 0.3) is 0 Å². The highest BCUT2D eigenvalue weighted by Gasteiger charge is 2.28. The molecule has 0 radical (unpaired) electrons. The predicted molar refractivity (Wildman–Crippen MR) is 90.7 cm³/mol. The van der Waals surface area contributed by atoms with Crippen LogP contribution >= 0.6 is 15.9 Å². The van der Waals surface area contributed by atoms with Crippen molar-refractivity contribution in [1.82, 2.24) is 9.80 Å². The fourth-order valence-corrected chi connectivity index (χ4v) is 3.58. The first-order valence-corrected chi connectivity index (χ1v) is 8.50. The van der Waals surface area contributed by atoms with E-state index in [2.05, 4.69) is 39.8 Å². The van der Waals surface area contributed by atoms with Gasteiger partial charge in [-0.1, -0.05) is 18.9 Å². The summed E-state index contributed by atoms with van der Waals surface area (Å²) in [6.07, 6.45) is 4.77. The molecule has 0 saturated heterocycles.